The molecule has 0 aliphatic heterocycles. The Hall–Kier alpha value is -0.790. The van der Waals surface area contributed by atoms with Crippen LogP contribution >= 0.6 is 0 Å². The minimum absolute atomic E-state index is 0.121. The lowest BCUT2D eigenvalue weighted by Crippen LogP contribution is -2.46. The van der Waals surface area contributed by atoms with E-state index < -0.39 is 0 Å². The summed E-state index contributed by atoms with van der Waals surface area (Å²) in [7, 11) is 0. The van der Waals surface area contributed by atoms with Crippen molar-refractivity contribution in [1.82, 2.24) is 5.32 Å². The molecule has 0 rings (SSSR count). The molecule has 0 aromatic rings. The topological polar surface area (TPSA) is 29.1 Å². The fourth-order valence-corrected chi connectivity index (χ4v) is 2.59. The molecule has 0 spiro atoms. The van der Waals surface area contributed by atoms with Crippen LogP contribution in [0.15, 0.2) is 12.2 Å². The number of rotatable bonds is 6. The van der Waals surface area contributed by atoms with Gasteiger partial charge in [0.2, 0.25) is 5.91 Å². The van der Waals surface area contributed by atoms with Crippen LogP contribution in [0.3, 0.4) is 0 Å². The summed E-state index contributed by atoms with van der Waals surface area (Å²) in [6.07, 6.45) is 2.50. The average Bonchev–Trinajstić information content (AvgIpc) is 1.97. The van der Waals surface area contributed by atoms with Crippen molar-refractivity contribution in [1.29, 1.82) is 0 Å². The van der Waals surface area contributed by atoms with Crippen LogP contribution in [0.4, 0.5) is 0 Å². The standard InChI is InChI=1S/C14H27NO/c1-8-12(16)15-14(6,7)10-13(4,5)9-11(2)3/h2,8-10H2,1,3-7H3,(H,15,16). The second-order valence-electron chi connectivity index (χ2n) is 6.26. The molecule has 94 valence electrons. The Morgan fingerprint density at radius 2 is 1.75 bits per heavy atom. The van der Waals surface area contributed by atoms with E-state index in [2.05, 4.69) is 46.5 Å². The molecule has 0 unspecified atom stereocenters. The van der Waals surface area contributed by atoms with E-state index in [0.29, 0.717) is 6.42 Å². The van der Waals surface area contributed by atoms with E-state index in [-0.39, 0.29) is 16.9 Å². The molecule has 0 saturated heterocycles. The minimum Gasteiger partial charge on any atom is -0.351 e. The largest absolute Gasteiger partial charge is 0.351 e. The van der Waals surface area contributed by atoms with E-state index >= 15 is 0 Å². The number of allylic oxidation sites excluding steroid dienone is 1. The van der Waals surface area contributed by atoms with Crippen LogP contribution in [0.1, 0.15) is 60.8 Å². The van der Waals surface area contributed by atoms with Crippen molar-refractivity contribution in [2.24, 2.45) is 5.41 Å². The van der Waals surface area contributed by atoms with Crippen molar-refractivity contribution < 1.29 is 4.79 Å². The smallest absolute Gasteiger partial charge is 0.220 e. The van der Waals surface area contributed by atoms with Crippen LogP contribution < -0.4 is 5.32 Å². The lowest BCUT2D eigenvalue weighted by atomic mass is 9.76. The first-order chi connectivity index (χ1) is 7.08. The SMILES string of the molecule is C=C(C)CC(C)(C)CC(C)(C)NC(=O)CC. The summed E-state index contributed by atoms with van der Waals surface area (Å²) in [4.78, 5) is 11.4. The third-order valence-corrected chi connectivity index (χ3v) is 2.50. The molecule has 0 aromatic carbocycles. The number of hydrogen-bond acceptors (Lipinski definition) is 1. The predicted molar refractivity (Wildman–Crippen MR) is 70.3 cm³/mol. The van der Waals surface area contributed by atoms with Crippen molar-refractivity contribution >= 4 is 5.91 Å². The molecule has 16 heavy (non-hydrogen) atoms. The Labute approximate surface area is 101 Å². The second kappa shape index (κ2) is 5.51. The first-order valence-corrected chi connectivity index (χ1v) is 6.03. The highest BCUT2D eigenvalue weighted by Gasteiger charge is 2.29. The summed E-state index contributed by atoms with van der Waals surface area (Å²) >= 11 is 0. The van der Waals surface area contributed by atoms with Gasteiger partial charge >= 0.3 is 0 Å². The van der Waals surface area contributed by atoms with Crippen molar-refractivity contribution in [2.45, 2.75) is 66.3 Å². The molecule has 0 saturated carbocycles. The maximum atomic E-state index is 11.4. The van der Waals surface area contributed by atoms with Gasteiger partial charge in [-0.1, -0.05) is 26.3 Å². The van der Waals surface area contributed by atoms with Gasteiger partial charge in [-0.25, -0.2) is 0 Å². The number of carbonyl (C=O) groups excluding carboxylic acids is 1. The Morgan fingerprint density at radius 1 is 1.25 bits per heavy atom. The van der Waals surface area contributed by atoms with Gasteiger partial charge in [-0.3, -0.25) is 4.79 Å². The zero-order chi connectivity index (χ0) is 13.0. The number of carbonyl (C=O) groups is 1. The van der Waals surface area contributed by atoms with Gasteiger partial charge < -0.3 is 5.32 Å². The van der Waals surface area contributed by atoms with Crippen molar-refractivity contribution in [3.63, 3.8) is 0 Å². The zero-order valence-electron chi connectivity index (χ0n) is 11.7. The minimum atomic E-state index is -0.147. The quantitative estimate of drug-likeness (QED) is 0.687. The zero-order valence-corrected chi connectivity index (χ0v) is 11.7. The maximum absolute atomic E-state index is 11.4. The van der Waals surface area contributed by atoms with E-state index in [1.807, 2.05) is 6.92 Å². The predicted octanol–water partition coefficient (Wildman–Crippen LogP) is 3.67. The Kier molecular flexibility index (Phi) is 5.24. The number of amides is 1. The van der Waals surface area contributed by atoms with Crippen LogP contribution in [-0.2, 0) is 4.79 Å². The van der Waals surface area contributed by atoms with Crippen LogP contribution in [0.5, 0.6) is 0 Å². The normalized spacial score (nSPS) is 12.4. The monoisotopic (exact) mass is 225 g/mol. The van der Waals surface area contributed by atoms with Crippen LogP contribution in [0.25, 0.3) is 0 Å². The molecule has 0 aliphatic rings. The molecule has 0 aliphatic carbocycles. The van der Waals surface area contributed by atoms with E-state index in [1.165, 1.54) is 5.57 Å². The number of hydrogen-bond donors (Lipinski definition) is 1. The van der Waals surface area contributed by atoms with Crippen LogP contribution in [-0.4, -0.2) is 11.4 Å². The Bertz CT molecular complexity index is 264. The molecule has 2 heteroatoms. The van der Waals surface area contributed by atoms with Gasteiger partial charge in [0.05, 0.1) is 0 Å². The van der Waals surface area contributed by atoms with Crippen molar-refractivity contribution in [2.75, 3.05) is 0 Å². The molecule has 2 nitrogen and oxygen atoms in total. The highest BCUT2D eigenvalue weighted by Crippen LogP contribution is 2.33. The van der Waals surface area contributed by atoms with Gasteiger partial charge in [0.15, 0.2) is 0 Å². The van der Waals surface area contributed by atoms with Gasteiger partial charge in [-0.05, 0) is 39.0 Å². The maximum Gasteiger partial charge on any atom is 0.220 e. The first-order valence-electron chi connectivity index (χ1n) is 6.03. The lowest BCUT2D eigenvalue weighted by Gasteiger charge is -2.36. The number of nitrogens with one attached hydrogen (secondary N) is 1. The molecule has 0 fully saturated rings. The van der Waals surface area contributed by atoms with E-state index in [4.69, 9.17) is 0 Å². The van der Waals surface area contributed by atoms with E-state index in [0.717, 1.165) is 12.8 Å². The Morgan fingerprint density at radius 3 is 2.12 bits per heavy atom. The molecule has 1 N–H and O–H groups in total. The third-order valence-electron chi connectivity index (χ3n) is 2.50. The summed E-state index contributed by atoms with van der Waals surface area (Å²) in [5.41, 5.74) is 1.23. The fraction of sp³-hybridized carbons (Fsp3) is 0.786. The van der Waals surface area contributed by atoms with Gasteiger partial charge in [-0.2, -0.15) is 0 Å². The second-order valence-corrected chi connectivity index (χ2v) is 6.26. The van der Waals surface area contributed by atoms with Gasteiger partial charge in [0.25, 0.3) is 0 Å². The van der Waals surface area contributed by atoms with E-state index in [1.54, 1.807) is 0 Å². The van der Waals surface area contributed by atoms with Crippen molar-refractivity contribution in [3.8, 4) is 0 Å². The summed E-state index contributed by atoms with van der Waals surface area (Å²) in [5, 5.41) is 3.07. The van der Waals surface area contributed by atoms with Crippen LogP contribution in [0.2, 0.25) is 0 Å². The van der Waals surface area contributed by atoms with Crippen molar-refractivity contribution in [3.05, 3.63) is 12.2 Å². The van der Waals surface area contributed by atoms with E-state index in [9.17, 15) is 4.79 Å². The molecule has 0 atom stereocenters. The molecule has 0 aromatic heterocycles. The summed E-state index contributed by atoms with van der Waals surface area (Å²) in [6.45, 7) is 16.5. The summed E-state index contributed by atoms with van der Waals surface area (Å²) in [6, 6.07) is 0. The molecule has 0 heterocycles. The third kappa shape index (κ3) is 6.65. The highest BCUT2D eigenvalue weighted by atomic mass is 16.1. The van der Waals surface area contributed by atoms with Gasteiger partial charge in [-0.15, -0.1) is 6.58 Å². The van der Waals surface area contributed by atoms with Crippen LogP contribution in [0, 0.1) is 5.41 Å². The molecule has 0 radical (unpaired) electrons. The Balaban J connectivity index is 4.44. The van der Waals surface area contributed by atoms with Gasteiger partial charge in [0.1, 0.15) is 0 Å². The average molecular weight is 225 g/mol. The van der Waals surface area contributed by atoms with Gasteiger partial charge in [0, 0.05) is 12.0 Å². The summed E-state index contributed by atoms with van der Waals surface area (Å²) in [5.74, 6) is 0.121. The first kappa shape index (κ1) is 15.2. The highest BCUT2D eigenvalue weighted by molar-refractivity contribution is 5.76. The molecule has 1 amide bonds. The molecular weight excluding hydrogens is 198 g/mol. The molecular formula is C14H27NO. The molecule has 0 bridgehead atoms. The lowest BCUT2D eigenvalue weighted by molar-refractivity contribution is -0.122. The summed E-state index contributed by atoms with van der Waals surface area (Å²) < 4.78 is 0. The fourth-order valence-electron chi connectivity index (χ4n) is 2.59.